The smallest absolute Gasteiger partial charge is 0.137 e. The van der Waals surface area contributed by atoms with Gasteiger partial charge in [-0.25, -0.2) is 9.97 Å². The summed E-state index contributed by atoms with van der Waals surface area (Å²) in [5.74, 6) is 2.21. The van der Waals surface area contributed by atoms with Crippen molar-refractivity contribution in [3.8, 4) is 0 Å². The van der Waals surface area contributed by atoms with Gasteiger partial charge in [-0.05, 0) is 26.7 Å². The van der Waals surface area contributed by atoms with E-state index in [1.165, 1.54) is 12.8 Å². The molecule has 0 saturated heterocycles. The summed E-state index contributed by atoms with van der Waals surface area (Å²) in [6.07, 6.45) is 4.19. The molecular formula is C12H16ClN3. The molecule has 16 heavy (non-hydrogen) atoms. The van der Waals surface area contributed by atoms with Crippen LogP contribution in [-0.4, -0.2) is 16.0 Å². The van der Waals surface area contributed by atoms with E-state index in [4.69, 9.17) is 11.6 Å². The molecule has 1 aromatic heterocycles. The van der Waals surface area contributed by atoms with Gasteiger partial charge in [0.1, 0.15) is 16.8 Å². The Bertz CT molecular complexity index is 413. The first-order valence-electron chi connectivity index (χ1n) is 5.55. The molecule has 0 spiro atoms. The summed E-state index contributed by atoms with van der Waals surface area (Å²) >= 11 is 6.10. The molecule has 0 aromatic carbocycles. The third-order valence-electron chi connectivity index (χ3n) is 2.76. The van der Waals surface area contributed by atoms with Crippen LogP contribution in [0.3, 0.4) is 0 Å². The highest BCUT2D eigenvalue weighted by Crippen LogP contribution is 2.39. The predicted octanol–water partition coefficient (Wildman–Crippen LogP) is 3.30. The second-order valence-corrected chi connectivity index (χ2v) is 4.65. The highest BCUT2D eigenvalue weighted by Gasteiger charge is 2.28. The average Bonchev–Trinajstić information content (AvgIpc) is 3.07. The Morgan fingerprint density at radius 3 is 2.75 bits per heavy atom. The standard InChI is InChI=1S/C12H16ClN3/c1-4-7(2)14-11-8(3)10(13)15-12(16-11)9-5-6-9/h4,7,9H,1,5-6H2,2-3H3,(H,14,15,16). The molecule has 86 valence electrons. The van der Waals surface area contributed by atoms with Gasteiger partial charge < -0.3 is 5.32 Å². The predicted molar refractivity (Wildman–Crippen MR) is 67.0 cm³/mol. The molecule has 1 unspecified atom stereocenters. The van der Waals surface area contributed by atoms with Gasteiger partial charge in [0.25, 0.3) is 0 Å². The van der Waals surface area contributed by atoms with Crippen molar-refractivity contribution in [2.45, 2.75) is 38.6 Å². The topological polar surface area (TPSA) is 37.8 Å². The minimum absolute atomic E-state index is 0.178. The van der Waals surface area contributed by atoms with Gasteiger partial charge in [0.15, 0.2) is 0 Å². The van der Waals surface area contributed by atoms with Crippen LogP contribution < -0.4 is 5.32 Å². The number of aromatic nitrogens is 2. The summed E-state index contributed by atoms with van der Waals surface area (Å²) < 4.78 is 0. The normalized spacial score (nSPS) is 16.9. The molecule has 0 aliphatic heterocycles. The Labute approximate surface area is 101 Å². The number of halogens is 1. The van der Waals surface area contributed by atoms with Crippen LogP contribution >= 0.6 is 11.6 Å². The number of hydrogen-bond donors (Lipinski definition) is 1. The first-order valence-corrected chi connectivity index (χ1v) is 5.92. The van der Waals surface area contributed by atoms with Crippen LogP contribution in [-0.2, 0) is 0 Å². The maximum Gasteiger partial charge on any atom is 0.137 e. The van der Waals surface area contributed by atoms with E-state index in [-0.39, 0.29) is 6.04 Å². The number of hydrogen-bond acceptors (Lipinski definition) is 3. The summed E-state index contributed by atoms with van der Waals surface area (Å²) in [6.45, 7) is 7.69. The maximum absolute atomic E-state index is 6.10. The van der Waals surface area contributed by atoms with Gasteiger partial charge in [-0.15, -0.1) is 6.58 Å². The zero-order valence-electron chi connectivity index (χ0n) is 9.63. The molecule has 0 bridgehead atoms. The number of anilines is 1. The summed E-state index contributed by atoms with van der Waals surface area (Å²) in [4.78, 5) is 8.85. The quantitative estimate of drug-likeness (QED) is 0.645. The number of nitrogens with zero attached hydrogens (tertiary/aromatic N) is 2. The Morgan fingerprint density at radius 1 is 1.50 bits per heavy atom. The van der Waals surface area contributed by atoms with Gasteiger partial charge in [-0.1, -0.05) is 17.7 Å². The second kappa shape index (κ2) is 4.42. The summed E-state index contributed by atoms with van der Waals surface area (Å²) in [7, 11) is 0. The first kappa shape index (κ1) is 11.4. The van der Waals surface area contributed by atoms with Crippen molar-refractivity contribution in [1.29, 1.82) is 0 Å². The molecular weight excluding hydrogens is 222 g/mol. The van der Waals surface area contributed by atoms with Crippen molar-refractivity contribution in [1.82, 2.24) is 9.97 Å². The van der Waals surface area contributed by atoms with Crippen LogP contribution in [0.2, 0.25) is 5.15 Å². The molecule has 1 aliphatic carbocycles. The fourth-order valence-corrected chi connectivity index (χ4v) is 1.62. The lowest BCUT2D eigenvalue weighted by atomic mass is 10.2. The molecule has 3 nitrogen and oxygen atoms in total. The summed E-state index contributed by atoms with van der Waals surface area (Å²) in [6, 6.07) is 0.178. The van der Waals surface area contributed by atoms with Crippen LogP contribution in [0.1, 0.15) is 37.1 Å². The van der Waals surface area contributed by atoms with Crippen LogP contribution in [0, 0.1) is 6.92 Å². The minimum Gasteiger partial charge on any atom is -0.364 e. The second-order valence-electron chi connectivity index (χ2n) is 4.29. The van der Waals surface area contributed by atoms with Gasteiger partial charge in [0.05, 0.1) is 0 Å². The van der Waals surface area contributed by atoms with Gasteiger partial charge >= 0.3 is 0 Å². The van der Waals surface area contributed by atoms with E-state index in [0.717, 1.165) is 17.2 Å². The monoisotopic (exact) mass is 237 g/mol. The first-order chi connectivity index (χ1) is 7.61. The molecule has 1 heterocycles. The van der Waals surface area contributed by atoms with E-state index in [1.807, 2.05) is 19.9 Å². The van der Waals surface area contributed by atoms with Crippen LogP contribution in [0.25, 0.3) is 0 Å². The van der Waals surface area contributed by atoms with E-state index in [0.29, 0.717) is 11.1 Å². The maximum atomic E-state index is 6.10. The van der Waals surface area contributed by atoms with Crippen LogP contribution in [0.5, 0.6) is 0 Å². The Kier molecular flexibility index (Phi) is 3.15. The Hall–Kier alpha value is -1.09. The van der Waals surface area contributed by atoms with E-state index < -0.39 is 0 Å². The molecule has 1 N–H and O–H groups in total. The minimum atomic E-state index is 0.178. The number of rotatable bonds is 4. The molecule has 1 atom stereocenters. The van der Waals surface area contributed by atoms with Gasteiger partial charge in [0.2, 0.25) is 0 Å². The fourth-order valence-electron chi connectivity index (χ4n) is 1.44. The van der Waals surface area contributed by atoms with Gasteiger partial charge in [-0.2, -0.15) is 0 Å². The Morgan fingerprint density at radius 2 is 2.19 bits per heavy atom. The lowest BCUT2D eigenvalue weighted by molar-refractivity contribution is 0.896. The average molecular weight is 238 g/mol. The van der Waals surface area contributed by atoms with Gasteiger partial charge in [-0.3, -0.25) is 0 Å². The fraction of sp³-hybridized carbons (Fsp3) is 0.500. The molecule has 1 aliphatic rings. The van der Waals surface area contributed by atoms with Crippen molar-refractivity contribution < 1.29 is 0 Å². The van der Waals surface area contributed by atoms with Crippen LogP contribution in [0.4, 0.5) is 5.82 Å². The van der Waals surface area contributed by atoms with E-state index in [1.54, 1.807) is 0 Å². The summed E-state index contributed by atoms with van der Waals surface area (Å²) in [5, 5.41) is 3.82. The van der Waals surface area contributed by atoms with E-state index >= 15 is 0 Å². The highest BCUT2D eigenvalue weighted by molar-refractivity contribution is 6.30. The van der Waals surface area contributed by atoms with Crippen molar-refractivity contribution in [3.05, 3.63) is 29.2 Å². The molecule has 1 fully saturated rings. The highest BCUT2D eigenvalue weighted by atomic mass is 35.5. The SMILES string of the molecule is C=CC(C)Nc1nc(C2CC2)nc(Cl)c1C. The van der Waals surface area contributed by atoms with Gasteiger partial charge in [0, 0.05) is 17.5 Å². The van der Waals surface area contributed by atoms with Crippen molar-refractivity contribution >= 4 is 17.4 Å². The molecule has 1 aromatic rings. The third-order valence-corrected chi connectivity index (χ3v) is 3.13. The van der Waals surface area contributed by atoms with Crippen molar-refractivity contribution in [2.75, 3.05) is 5.32 Å². The molecule has 2 rings (SSSR count). The van der Waals surface area contributed by atoms with Crippen LogP contribution in [0.15, 0.2) is 12.7 Å². The largest absolute Gasteiger partial charge is 0.364 e. The molecule has 1 saturated carbocycles. The molecule has 4 heteroatoms. The molecule has 0 amide bonds. The molecule has 0 radical (unpaired) electrons. The summed E-state index contributed by atoms with van der Waals surface area (Å²) in [5.41, 5.74) is 0.903. The van der Waals surface area contributed by atoms with Crippen molar-refractivity contribution in [3.63, 3.8) is 0 Å². The number of nitrogens with one attached hydrogen (secondary N) is 1. The lowest BCUT2D eigenvalue weighted by Gasteiger charge is -2.14. The van der Waals surface area contributed by atoms with E-state index in [2.05, 4.69) is 21.9 Å². The zero-order valence-corrected chi connectivity index (χ0v) is 10.4. The zero-order chi connectivity index (χ0) is 11.7. The Balaban J connectivity index is 2.30. The third kappa shape index (κ3) is 2.35. The lowest BCUT2D eigenvalue weighted by Crippen LogP contribution is -2.15. The van der Waals surface area contributed by atoms with Crippen molar-refractivity contribution in [2.24, 2.45) is 0 Å². The van der Waals surface area contributed by atoms with E-state index in [9.17, 15) is 0 Å².